The highest BCUT2D eigenvalue weighted by Crippen LogP contribution is 1.99. The fraction of sp³-hybridized carbons (Fsp3) is 0.200. The summed E-state index contributed by atoms with van der Waals surface area (Å²) in [5.74, 6) is 0. The molecule has 0 atom stereocenters. The average Bonchev–Trinajstić information content (AvgIpc) is 2.01. The van der Waals surface area contributed by atoms with Gasteiger partial charge in [-0.1, -0.05) is 48.5 Å². The van der Waals surface area contributed by atoms with Crippen LogP contribution < -0.4 is 5.19 Å². The van der Waals surface area contributed by atoms with Gasteiger partial charge in [0.05, 0.1) is 10.2 Å². The van der Waals surface area contributed by atoms with Crippen LogP contribution in [0.1, 0.15) is 18.9 Å². The van der Waals surface area contributed by atoms with Crippen molar-refractivity contribution in [3.05, 3.63) is 35.9 Å². The summed E-state index contributed by atoms with van der Waals surface area (Å²) in [5, 5.41) is 1.13. The third kappa shape index (κ3) is 2.72. The van der Waals surface area contributed by atoms with Gasteiger partial charge in [0.25, 0.3) is 0 Å². The van der Waals surface area contributed by atoms with Crippen molar-refractivity contribution < 1.29 is 0 Å². The Hall–Kier alpha value is -0.823. The maximum Gasteiger partial charge on any atom is 0.0712 e. The summed E-state index contributed by atoms with van der Waals surface area (Å²) in [5.41, 5.74) is 1.25. The highest BCUT2D eigenvalue weighted by atomic mass is 28.1. The molecule has 1 aromatic carbocycles. The Kier molecular flexibility index (Phi) is 3.11. The molecule has 0 N–H and O–H groups in total. The van der Waals surface area contributed by atoms with Gasteiger partial charge in [-0.2, -0.15) is 0 Å². The molecule has 0 nitrogen and oxygen atoms in total. The van der Waals surface area contributed by atoms with Crippen molar-refractivity contribution in [2.45, 2.75) is 13.3 Å². The molecule has 0 aromatic heterocycles. The molecular weight excluding hydrogens is 148 g/mol. The standard InChI is InChI=1S/C10H11Si/c1-2-3-5-9-6-4-7-10(11)8-9/h3-8H,2H2,1H3. The molecule has 0 bridgehead atoms. The third-order valence-corrected chi connectivity index (χ3v) is 1.74. The summed E-state index contributed by atoms with van der Waals surface area (Å²) < 4.78 is 0. The summed E-state index contributed by atoms with van der Waals surface area (Å²) >= 11 is 0. The largest absolute Gasteiger partial charge is 0.0842 e. The van der Waals surface area contributed by atoms with Crippen LogP contribution in [0.25, 0.3) is 6.08 Å². The first-order valence-electron chi connectivity index (χ1n) is 3.81. The van der Waals surface area contributed by atoms with Crippen LogP contribution in [0, 0.1) is 0 Å². The summed E-state index contributed by atoms with van der Waals surface area (Å²) in [6.45, 7) is 2.13. The number of allylic oxidation sites excluding steroid dienone is 1. The van der Waals surface area contributed by atoms with E-state index in [-0.39, 0.29) is 0 Å². The molecule has 0 aliphatic heterocycles. The predicted molar refractivity (Wildman–Crippen MR) is 51.2 cm³/mol. The maximum absolute atomic E-state index is 3.47. The van der Waals surface area contributed by atoms with Crippen LogP contribution in [0.2, 0.25) is 0 Å². The summed E-state index contributed by atoms with van der Waals surface area (Å²) in [4.78, 5) is 0. The second-order valence-corrected chi connectivity index (χ2v) is 3.01. The van der Waals surface area contributed by atoms with Crippen molar-refractivity contribution in [2.24, 2.45) is 0 Å². The minimum atomic E-state index is 1.09. The zero-order chi connectivity index (χ0) is 8.10. The van der Waals surface area contributed by atoms with Crippen molar-refractivity contribution >= 4 is 21.5 Å². The van der Waals surface area contributed by atoms with Crippen LogP contribution >= 0.6 is 0 Å². The van der Waals surface area contributed by atoms with Crippen LogP contribution in [0.4, 0.5) is 0 Å². The van der Waals surface area contributed by atoms with Gasteiger partial charge in [0.2, 0.25) is 0 Å². The second-order valence-electron chi connectivity index (χ2n) is 2.44. The van der Waals surface area contributed by atoms with E-state index in [4.69, 9.17) is 0 Å². The van der Waals surface area contributed by atoms with Crippen LogP contribution in [-0.4, -0.2) is 10.2 Å². The Morgan fingerprint density at radius 1 is 1.45 bits per heavy atom. The monoisotopic (exact) mass is 159 g/mol. The van der Waals surface area contributed by atoms with Gasteiger partial charge < -0.3 is 0 Å². The predicted octanol–water partition coefficient (Wildman–Crippen LogP) is 1.90. The molecule has 0 saturated carbocycles. The first-order valence-corrected chi connectivity index (χ1v) is 4.31. The van der Waals surface area contributed by atoms with E-state index in [1.54, 1.807) is 0 Å². The first-order chi connectivity index (χ1) is 5.33. The lowest BCUT2D eigenvalue weighted by molar-refractivity contribution is 1.23. The summed E-state index contributed by atoms with van der Waals surface area (Å²) in [6.07, 6.45) is 5.37. The van der Waals surface area contributed by atoms with Crippen molar-refractivity contribution in [2.75, 3.05) is 0 Å². The Morgan fingerprint density at radius 2 is 2.27 bits per heavy atom. The van der Waals surface area contributed by atoms with Gasteiger partial charge in [0.15, 0.2) is 0 Å². The molecule has 1 rings (SSSR count). The van der Waals surface area contributed by atoms with Gasteiger partial charge in [-0.15, -0.1) is 0 Å². The zero-order valence-electron chi connectivity index (χ0n) is 6.67. The smallest absolute Gasteiger partial charge is 0.0712 e. The van der Waals surface area contributed by atoms with E-state index in [9.17, 15) is 0 Å². The number of benzene rings is 1. The Labute approximate surface area is 71.4 Å². The Bertz CT molecular complexity index is 251. The zero-order valence-corrected chi connectivity index (χ0v) is 7.67. The SMILES string of the molecule is CCC=Cc1cccc([Si])c1. The molecular formula is C10H11Si. The highest BCUT2D eigenvalue weighted by Gasteiger charge is 1.85. The van der Waals surface area contributed by atoms with Crippen molar-refractivity contribution in [3.63, 3.8) is 0 Å². The minimum Gasteiger partial charge on any atom is -0.0842 e. The van der Waals surface area contributed by atoms with Crippen LogP contribution in [0.3, 0.4) is 0 Å². The van der Waals surface area contributed by atoms with E-state index >= 15 is 0 Å². The Morgan fingerprint density at radius 3 is 2.91 bits per heavy atom. The molecule has 0 aliphatic carbocycles. The van der Waals surface area contributed by atoms with E-state index < -0.39 is 0 Å². The molecule has 0 unspecified atom stereocenters. The molecule has 0 amide bonds. The lowest BCUT2D eigenvalue weighted by Crippen LogP contribution is -1.99. The van der Waals surface area contributed by atoms with Crippen molar-refractivity contribution in [3.8, 4) is 0 Å². The minimum absolute atomic E-state index is 1.09. The second kappa shape index (κ2) is 4.14. The van der Waals surface area contributed by atoms with Gasteiger partial charge in [-0.25, -0.2) is 0 Å². The van der Waals surface area contributed by atoms with Crippen LogP contribution in [-0.2, 0) is 0 Å². The van der Waals surface area contributed by atoms with Gasteiger partial charge >= 0.3 is 0 Å². The molecule has 0 saturated heterocycles. The maximum atomic E-state index is 3.47. The summed E-state index contributed by atoms with van der Waals surface area (Å²) in [6, 6.07) is 8.26. The van der Waals surface area contributed by atoms with E-state index in [1.807, 2.05) is 12.1 Å². The lowest BCUT2D eigenvalue weighted by atomic mass is 10.2. The molecule has 0 heterocycles. The molecule has 0 fully saturated rings. The number of hydrogen-bond acceptors (Lipinski definition) is 0. The van der Waals surface area contributed by atoms with Crippen LogP contribution in [0.5, 0.6) is 0 Å². The van der Waals surface area contributed by atoms with Crippen LogP contribution in [0.15, 0.2) is 30.3 Å². The lowest BCUT2D eigenvalue weighted by Gasteiger charge is -1.93. The topological polar surface area (TPSA) is 0 Å². The molecule has 0 spiro atoms. The van der Waals surface area contributed by atoms with Crippen molar-refractivity contribution in [1.82, 2.24) is 0 Å². The fourth-order valence-electron chi connectivity index (χ4n) is 0.896. The average molecular weight is 159 g/mol. The first kappa shape index (κ1) is 8.28. The van der Waals surface area contributed by atoms with E-state index in [2.05, 4.69) is 41.5 Å². The molecule has 0 aliphatic rings. The van der Waals surface area contributed by atoms with Gasteiger partial charge in [0.1, 0.15) is 0 Å². The van der Waals surface area contributed by atoms with E-state index in [0.29, 0.717) is 0 Å². The quantitative estimate of drug-likeness (QED) is 0.578. The highest BCUT2D eigenvalue weighted by molar-refractivity contribution is 6.32. The number of rotatable bonds is 2. The van der Waals surface area contributed by atoms with Crippen molar-refractivity contribution in [1.29, 1.82) is 0 Å². The normalized spacial score (nSPS) is 10.7. The Balaban J connectivity index is 2.79. The van der Waals surface area contributed by atoms with E-state index in [0.717, 1.165) is 11.6 Å². The summed E-state index contributed by atoms with van der Waals surface area (Å²) in [7, 11) is 3.47. The van der Waals surface area contributed by atoms with Gasteiger partial charge in [0, 0.05) is 0 Å². The molecule has 11 heavy (non-hydrogen) atoms. The molecule has 1 heteroatoms. The molecule has 55 valence electrons. The van der Waals surface area contributed by atoms with E-state index in [1.165, 1.54) is 5.56 Å². The molecule has 3 radical (unpaired) electrons. The van der Waals surface area contributed by atoms with Gasteiger partial charge in [-0.3, -0.25) is 0 Å². The van der Waals surface area contributed by atoms with Gasteiger partial charge in [-0.05, 0) is 12.0 Å². The number of hydrogen-bond donors (Lipinski definition) is 0. The molecule has 1 aromatic rings. The third-order valence-electron chi connectivity index (χ3n) is 1.43. The fourth-order valence-corrected chi connectivity index (χ4v) is 1.16.